The van der Waals surface area contributed by atoms with Crippen LogP contribution in [0, 0.1) is 6.92 Å². The van der Waals surface area contributed by atoms with Crippen LogP contribution in [0.3, 0.4) is 0 Å². The molecule has 1 atom stereocenters. The summed E-state index contributed by atoms with van der Waals surface area (Å²) in [7, 11) is 0. The molecule has 0 saturated carbocycles. The molecule has 1 saturated heterocycles. The molecule has 1 aromatic heterocycles. The topological polar surface area (TPSA) is 66.9 Å². The first-order valence-corrected chi connectivity index (χ1v) is 10.0. The van der Waals surface area contributed by atoms with Crippen LogP contribution in [0.2, 0.25) is 0 Å². The van der Waals surface area contributed by atoms with Gasteiger partial charge in [0, 0.05) is 24.4 Å². The molecule has 0 spiro atoms. The number of carbonyl (C=O) groups excluding carboxylic acids is 1. The molecule has 0 aliphatic carbocycles. The number of thioether (sulfide) groups is 1. The van der Waals surface area contributed by atoms with Crippen LogP contribution in [-0.2, 0) is 0 Å². The maximum absolute atomic E-state index is 12.3. The second-order valence-corrected chi connectivity index (χ2v) is 8.38. The molecule has 0 radical (unpaired) electrons. The number of aromatic nitrogens is 2. The lowest BCUT2D eigenvalue weighted by atomic mass is 9.90. The summed E-state index contributed by atoms with van der Waals surface area (Å²) in [6.07, 6.45) is 2.39. The number of piperidine rings is 1. The fourth-order valence-corrected chi connectivity index (χ4v) is 4.55. The Kier molecular flexibility index (Phi) is 6.23. The number of aryl methyl sites for hydroxylation is 1. The molecular formula is C17H22N4OS2. The zero-order chi connectivity index (χ0) is 16.8. The fourth-order valence-electron chi connectivity index (χ4n) is 2.81. The molecule has 5 nitrogen and oxygen atoms in total. The number of amides is 1. The van der Waals surface area contributed by atoms with Crippen molar-refractivity contribution in [3.05, 3.63) is 40.4 Å². The van der Waals surface area contributed by atoms with Crippen LogP contribution < -0.4 is 10.6 Å². The van der Waals surface area contributed by atoms with Crippen molar-refractivity contribution in [1.29, 1.82) is 0 Å². The summed E-state index contributed by atoms with van der Waals surface area (Å²) in [6.45, 7) is 4.67. The SMILES string of the molecule is Cc1nnc(SCCNC(=O)c2cccc([C@H]3CCCNC3)c2)s1. The Bertz CT molecular complexity index is 683. The monoisotopic (exact) mass is 362 g/mol. The second kappa shape index (κ2) is 8.60. The molecule has 1 aliphatic rings. The molecule has 0 unspecified atom stereocenters. The summed E-state index contributed by atoms with van der Waals surface area (Å²) in [5, 5.41) is 15.4. The fraction of sp³-hybridized carbons (Fsp3) is 0.471. The maximum atomic E-state index is 12.3. The standard InChI is InChI=1S/C17H22N4OS2/c1-12-20-21-17(24-12)23-9-8-19-16(22)14-5-2-4-13(10-14)15-6-3-7-18-11-15/h2,4-5,10,15,18H,3,6-9,11H2,1H3,(H,19,22)/t15-/m0/s1. The Morgan fingerprint density at radius 1 is 1.46 bits per heavy atom. The van der Waals surface area contributed by atoms with Gasteiger partial charge in [0.2, 0.25) is 0 Å². The number of hydrogen-bond acceptors (Lipinski definition) is 6. The Labute approximate surface area is 150 Å². The van der Waals surface area contributed by atoms with Gasteiger partial charge < -0.3 is 10.6 Å². The van der Waals surface area contributed by atoms with Crippen molar-refractivity contribution in [3.63, 3.8) is 0 Å². The van der Waals surface area contributed by atoms with Crippen molar-refractivity contribution in [1.82, 2.24) is 20.8 Å². The van der Waals surface area contributed by atoms with Crippen molar-refractivity contribution >= 4 is 29.0 Å². The average Bonchev–Trinajstić information content (AvgIpc) is 3.05. The number of carbonyl (C=O) groups is 1. The van der Waals surface area contributed by atoms with E-state index in [2.05, 4.69) is 26.9 Å². The number of nitrogens with zero attached hydrogens (tertiary/aromatic N) is 2. The minimum absolute atomic E-state index is 0.00494. The molecule has 1 aliphatic heterocycles. The van der Waals surface area contributed by atoms with Crippen LogP contribution in [-0.4, -0.2) is 41.5 Å². The highest BCUT2D eigenvalue weighted by atomic mass is 32.2. The molecule has 2 heterocycles. The third-order valence-corrected chi connectivity index (χ3v) is 6.01. The van der Waals surface area contributed by atoms with Gasteiger partial charge in [-0.25, -0.2) is 0 Å². The third kappa shape index (κ3) is 4.78. The van der Waals surface area contributed by atoms with Crippen molar-refractivity contribution in [2.24, 2.45) is 0 Å². The molecule has 128 valence electrons. The van der Waals surface area contributed by atoms with Gasteiger partial charge in [-0.1, -0.05) is 35.2 Å². The minimum atomic E-state index is -0.00494. The van der Waals surface area contributed by atoms with Gasteiger partial charge >= 0.3 is 0 Å². The van der Waals surface area contributed by atoms with Crippen molar-refractivity contribution < 1.29 is 4.79 Å². The summed E-state index contributed by atoms with van der Waals surface area (Å²) >= 11 is 3.21. The first-order chi connectivity index (χ1) is 11.7. The molecular weight excluding hydrogens is 340 g/mol. The predicted octanol–water partition coefficient (Wildman–Crippen LogP) is 2.84. The van der Waals surface area contributed by atoms with E-state index in [-0.39, 0.29) is 5.91 Å². The van der Waals surface area contributed by atoms with E-state index in [4.69, 9.17) is 0 Å². The first kappa shape index (κ1) is 17.4. The number of rotatable bonds is 6. The van der Waals surface area contributed by atoms with Gasteiger partial charge in [-0.15, -0.1) is 10.2 Å². The Balaban J connectivity index is 1.49. The van der Waals surface area contributed by atoms with Crippen molar-refractivity contribution in [3.8, 4) is 0 Å². The summed E-state index contributed by atoms with van der Waals surface area (Å²) in [5.41, 5.74) is 2.00. The summed E-state index contributed by atoms with van der Waals surface area (Å²) in [5.74, 6) is 1.31. The molecule has 1 aromatic carbocycles. The van der Waals surface area contributed by atoms with E-state index in [0.29, 0.717) is 12.5 Å². The lowest BCUT2D eigenvalue weighted by Gasteiger charge is -2.23. The van der Waals surface area contributed by atoms with Crippen LogP contribution in [0.4, 0.5) is 0 Å². The lowest BCUT2D eigenvalue weighted by molar-refractivity contribution is 0.0956. The number of nitrogens with one attached hydrogen (secondary N) is 2. The van der Waals surface area contributed by atoms with Crippen LogP contribution in [0.1, 0.15) is 39.7 Å². The molecule has 7 heteroatoms. The highest BCUT2D eigenvalue weighted by Gasteiger charge is 2.16. The minimum Gasteiger partial charge on any atom is -0.351 e. The van der Waals surface area contributed by atoms with Crippen molar-refractivity contribution in [2.75, 3.05) is 25.4 Å². The first-order valence-electron chi connectivity index (χ1n) is 8.24. The smallest absolute Gasteiger partial charge is 0.251 e. The molecule has 24 heavy (non-hydrogen) atoms. The molecule has 2 aromatic rings. The van der Waals surface area contributed by atoms with E-state index in [1.54, 1.807) is 23.1 Å². The zero-order valence-electron chi connectivity index (χ0n) is 13.7. The van der Waals surface area contributed by atoms with Crippen LogP contribution >= 0.6 is 23.1 Å². The normalized spacial score (nSPS) is 17.6. The quantitative estimate of drug-likeness (QED) is 0.611. The van der Waals surface area contributed by atoms with Crippen LogP contribution in [0.25, 0.3) is 0 Å². The van der Waals surface area contributed by atoms with E-state index in [0.717, 1.165) is 33.8 Å². The highest BCUT2D eigenvalue weighted by molar-refractivity contribution is 8.01. The van der Waals surface area contributed by atoms with Crippen LogP contribution in [0.5, 0.6) is 0 Å². The molecule has 2 N–H and O–H groups in total. The zero-order valence-corrected chi connectivity index (χ0v) is 15.4. The van der Waals surface area contributed by atoms with E-state index < -0.39 is 0 Å². The number of benzene rings is 1. The molecule has 1 fully saturated rings. The van der Waals surface area contributed by atoms with Crippen LogP contribution in [0.15, 0.2) is 28.6 Å². The molecule has 1 amide bonds. The van der Waals surface area contributed by atoms with Gasteiger partial charge in [-0.05, 0) is 49.9 Å². The largest absolute Gasteiger partial charge is 0.351 e. The van der Waals surface area contributed by atoms with Gasteiger partial charge in [-0.3, -0.25) is 4.79 Å². The van der Waals surface area contributed by atoms with E-state index in [9.17, 15) is 4.79 Å². The van der Waals surface area contributed by atoms with E-state index in [1.807, 2.05) is 25.1 Å². The predicted molar refractivity (Wildman–Crippen MR) is 99.0 cm³/mol. The maximum Gasteiger partial charge on any atom is 0.251 e. The Hall–Kier alpha value is -1.44. The summed E-state index contributed by atoms with van der Waals surface area (Å²) in [6, 6.07) is 8.03. The van der Waals surface area contributed by atoms with Gasteiger partial charge in [0.15, 0.2) is 4.34 Å². The summed E-state index contributed by atoms with van der Waals surface area (Å²) < 4.78 is 0.952. The van der Waals surface area contributed by atoms with E-state index >= 15 is 0 Å². The average molecular weight is 363 g/mol. The second-order valence-electron chi connectivity index (χ2n) is 5.86. The number of hydrogen-bond donors (Lipinski definition) is 2. The van der Waals surface area contributed by atoms with Gasteiger partial charge in [-0.2, -0.15) is 0 Å². The Morgan fingerprint density at radius 2 is 2.38 bits per heavy atom. The third-order valence-electron chi connectivity index (χ3n) is 4.04. The Morgan fingerprint density at radius 3 is 3.12 bits per heavy atom. The highest BCUT2D eigenvalue weighted by Crippen LogP contribution is 2.24. The molecule has 3 rings (SSSR count). The van der Waals surface area contributed by atoms with Crippen molar-refractivity contribution in [2.45, 2.75) is 30.0 Å². The van der Waals surface area contributed by atoms with Gasteiger partial charge in [0.1, 0.15) is 5.01 Å². The lowest BCUT2D eigenvalue weighted by Crippen LogP contribution is -2.29. The molecule has 0 bridgehead atoms. The van der Waals surface area contributed by atoms with Gasteiger partial charge in [0.05, 0.1) is 0 Å². The summed E-state index contributed by atoms with van der Waals surface area (Å²) in [4.78, 5) is 12.3. The van der Waals surface area contributed by atoms with E-state index in [1.165, 1.54) is 18.4 Å². The van der Waals surface area contributed by atoms with Gasteiger partial charge in [0.25, 0.3) is 5.91 Å².